The molecule has 0 aliphatic rings. The standard InChI is InChI=1S/C14H30N2/c1-2-3-4-5-6-7-8-9-10-11-13-16-14-12-15/h13H,2-12,14-15H2,1H3. The van der Waals surface area contributed by atoms with Gasteiger partial charge < -0.3 is 5.73 Å². The summed E-state index contributed by atoms with van der Waals surface area (Å²) in [5.41, 5.74) is 5.35. The monoisotopic (exact) mass is 226 g/mol. The number of rotatable bonds is 12. The van der Waals surface area contributed by atoms with Crippen LogP contribution < -0.4 is 5.73 Å². The highest BCUT2D eigenvalue weighted by molar-refractivity contribution is 5.56. The van der Waals surface area contributed by atoms with E-state index in [1.165, 1.54) is 57.8 Å². The summed E-state index contributed by atoms with van der Waals surface area (Å²) >= 11 is 0. The molecular weight excluding hydrogens is 196 g/mol. The molecule has 0 spiro atoms. The first-order chi connectivity index (χ1) is 7.91. The maximum absolute atomic E-state index is 5.35. The van der Waals surface area contributed by atoms with E-state index < -0.39 is 0 Å². The Balaban J connectivity index is 2.93. The van der Waals surface area contributed by atoms with Crippen LogP contribution in [-0.2, 0) is 0 Å². The van der Waals surface area contributed by atoms with Gasteiger partial charge in [0.15, 0.2) is 0 Å². The van der Waals surface area contributed by atoms with Crippen LogP contribution in [0.4, 0.5) is 0 Å². The number of unbranched alkanes of at least 4 members (excludes halogenated alkanes) is 9. The normalized spacial score (nSPS) is 11.4. The third kappa shape index (κ3) is 13.6. The molecule has 0 saturated carbocycles. The number of nitrogens with zero attached hydrogens (tertiary/aromatic N) is 1. The van der Waals surface area contributed by atoms with E-state index in [1.807, 2.05) is 6.21 Å². The summed E-state index contributed by atoms with van der Waals surface area (Å²) in [6.07, 6.45) is 15.7. The molecule has 0 unspecified atom stereocenters. The predicted molar refractivity (Wildman–Crippen MR) is 74.3 cm³/mol. The third-order valence-corrected chi connectivity index (χ3v) is 2.82. The molecule has 0 amide bonds. The van der Waals surface area contributed by atoms with Crippen LogP contribution in [0.2, 0.25) is 0 Å². The van der Waals surface area contributed by atoms with Gasteiger partial charge >= 0.3 is 0 Å². The molecule has 0 bridgehead atoms. The van der Waals surface area contributed by atoms with Gasteiger partial charge in [0.2, 0.25) is 0 Å². The van der Waals surface area contributed by atoms with Crippen molar-refractivity contribution in [3.63, 3.8) is 0 Å². The lowest BCUT2D eigenvalue weighted by molar-refractivity contribution is 0.569. The molecule has 0 aromatic rings. The van der Waals surface area contributed by atoms with Crippen LogP contribution in [0.3, 0.4) is 0 Å². The molecule has 96 valence electrons. The minimum absolute atomic E-state index is 0.675. The van der Waals surface area contributed by atoms with Crippen LogP contribution in [0.1, 0.15) is 71.1 Å². The maximum atomic E-state index is 5.35. The van der Waals surface area contributed by atoms with Crippen molar-refractivity contribution in [2.75, 3.05) is 13.1 Å². The molecule has 0 rings (SSSR count). The smallest absolute Gasteiger partial charge is 0.0508 e. The second-order valence-electron chi connectivity index (χ2n) is 4.49. The molecule has 2 nitrogen and oxygen atoms in total. The molecule has 2 N–H and O–H groups in total. The van der Waals surface area contributed by atoms with Gasteiger partial charge in [0.1, 0.15) is 0 Å². The van der Waals surface area contributed by atoms with Crippen molar-refractivity contribution in [1.82, 2.24) is 0 Å². The van der Waals surface area contributed by atoms with Crippen molar-refractivity contribution in [3.8, 4) is 0 Å². The van der Waals surface area contributed by atoms with Gasteiger partial charge in [-0.2, -0.15) is 0 Å². The van der Waals surface area contributed by atoms with E-state index in [9.17, 15) is 0 Å². The molecule has 0 heterocycles. The third-order valence-electron chi connectivity index (χ3n) is 2.82. The summed E-state index contributed by atoms with van der Waals surface area (Å²) in [6, 6.07) is 0. The van der Waals surface area contributed by atoms with E-state index in [-0.39, 0.29) is 0 Å². The second-order valence-corrected chi connectivity index (χ2v) is 4.49. The summed E-state index contributed by atoms with van der Waals surface area (Å²) in [7, 11) is 0. The first-order valence-electron chi connectivity index (χ1n) is 7.10. The van der Waals surface area contributed by atoms with Crippen molar-refractivity contribution in [3.05, 3.63) is 0 Å². The van der Waals surface area contributed by atoms with Crippen LogP contribution in [0.25, 0.3) is 0 Å². The number of hydrogen-bond acceptors (Lipinski definition) is 2. The highest BCUT2D eigenvalue weighted by Gasteiger charge is 1.91. The average Bonchev–Trinajstić information content (AvgIpc) is 2.31. The number of hydrogen-bond donors (Lipinski definition) is 1. The summed E-state index contributed by atoms with van der Waals surface area (Å²) < 4.78 is 0. The van der Waals surface area contributed by atoms with Crippen LogP contribution in [0, 0.1) is 0 Å². The average molecular weight is 226 g/mol. The molecule has 0 radical (unpaired) electrons. The quantitative estimate of drug-likeness (QED) is 0.397. The van der Waals surface area contributed by atoms with Crippen LogP contribution >= 0.6 is 0 Å². The van der Waals surface area contributed by atoms with Crippen LogP contribution in [0.5, 0.6) is 0 Å². The highest BCUT2D eigenvalue weighted by Crippen LogP contribution is 2.09. The van der Waals surface area contributed by atoms with E-state index in [0.717, 1.165) is 13.0 Å². The molecule has 0 aliphatic heterocycles. The fourth-order valence-electron chi connectivity index (χ4n) is 1.80. The Hall–Kier alpha value is -0.370. The van der Waals surface area contributed by atoms with Crippen molar-refractivity contribution in [1.29, 1.82) is 0 Å². The Morgan fingerprint density at radius 1 is 0.875 bits per heavy atom. The Labute approximate surface area is 102 Å². The first-order valence-corrected chi connectivity index (χ1v) is 7.10. The first kappa shape index (κ1) is 15.6. The van der Waals surface area contributed by atoms with Crippen LogP contribution in [-0.4, -0.2) is 19.3 Å². The van der Waals surface area contributed by atoms with Gasteiger partial charge in [0, 0.05) is 6.54 Å². The summed E-state index contributed by atoms with van der Waals surface area (Å²) in [6.45, 7) is 3.73. The molecule has 0 aromatic heterocycles. The predicted octanol–water partition coefficient (Wildman–Crippen LogP) is 3.94. The minimum atomic E-state index is 0.675. The number of aliphatic imine (C=N–C) groups is 1. The molecule has 0 atom stereocenters. The minimum Gasteiger partial charge on any atom is -0.329 e. The van der Waals surface area contributed by atoms with Crippen molar-refractivity contribution in [2.45, 2.75) is 71.1 Å². The highest BCUT2D eigenvalue weighted by atomic mass is 14.7. The Morgan fingerprint density at radius 3 is 2.00 bits per heavy atom. The fraction of sp³-hybridized carbons (Fsp3) is 0.929. The van der Waals surface area contributed by atoms with Gasteiger partial charge in [0.25, 0.3) is 0 Å². The van der Waals surface area contributed by atoms with Crippen molar-refractivity contribution >= 4 is 6.21 Å². The SMILES string of the molecule is CCCCCCCCCCCC=NCCN. The zero-order valence-corrected chi connectivity index (χ0v) is 11.1. The van der Waals surface area contributed by atoms with E-state index >= 15 is 0 Å². The van der Waals surface area contributed by atoms with Gasteiger partial charge in [-0.15, -0.1) is 0 Å². The molecule has 0 saturated heterocycles. The van der Waals surface area contributed by atoms with E-state index in [2.05, 4.69) is 11.9 Å². The summed E-state index contributed by atoms with van der Waals surface area (Å²) in [5, 5.41) is 0. The zero-order valence-electron chi connectivity index (χ0n) is 11.1. The Bertz CT molecular complexity index is 144. The fourth-order valence-corrected chi connectivity index (χ4v) is 1.80. The molecule has 0 aliphatic carbocycles. The second kappa shape index (κ2) is 14.6. The van der Waals surface area contributed by atoms with E-state index in [0.29, 0.717) is 6.54 Å². The van der Waals surface area contributed by atoms with Gasteiger partial charge in [-0.05, 0) is 19.1 Å². The van der Waals surface area contributed by atoms with Crippen molar-refractivity contribution in [2.24, 2.45) is 10.7 Å². The molecule has 0 fully saturated rings. The van der Waals surface area contributed by atoms with Crippen molar-refractivity contribution < 1.29 is 0 Å². The molecular formula is C14H30N2. The molecule has 2 heteroatoms. The Morgan fingerprint density at radius 2 is 1.44 bits per heavy atom. The largest absolute Gasteiger partial charge is 0.329 e. The van der Waals surface area contributed by atoms with Gasteiger partial charge in [-0.3, -0.25) is 4.99 Å². The lowest BCUT2D eigenvalue weighted by atomic mass is 10.1. The zero-order chi connectivity index (χ0) is 11.9. The lowest BCUT2D eigenvalue weighted by Gasteiger charge is -2.00. The van der Waals surface area contributed by atoms with Gasteiger partial charge in [-0.1, -0.05) is 58.3 Å². The topological polar surface area (TPSA) is 38.4 Å². The van der Waals surface area contributed by atoms with Gasteiger partial charge in [0.05, 0.1) is 6.54 Å². The Kier molecular flexibility index (Phi) is 14.3. The molecule has 16 heavy (non-hydrogen) atoms. The van der Waals surface area contributed by atoms with E-state index in [4.69, 9.17) is 5.73 Å². The number of nitrogens with two attached hydrogens (primary N) is 1. The van der Waals surface area contributed by atoms with E-state index in [1.54, 1.807) is 0 Å². The molecule has 0 aromatic carbocycles. The summed E-state index contributed by atoms with van der Waals surface area (Å²) in [5.74, 6) is 0. The maximum Gasteiger partial charge on any atom is 0.0508 e. The van der Waals surface area contributed by atoms with Gasteiger partial charge in [-0.25, -0.2) is 0 Å². The summed E-state index contributed by atoms with van der Waals surface area (Å²) in [4.78, 5) is 4.21. The van der Waals surface area contributed by atoms with Crippen LogP contribution in [0.15, 0.2) is 4.99 Å². The lowest BCUT2D eigenvalue weighted by Crippen LogP contribution is -2.02.